The molecule has 0 aliphatic carbocycles. The predicted octanol–water partition coefficient (Wildman–Crippen LogP) is 2.23. The van der Waals surface area contributed by atoms with Crippen LogP contribution in [0, 0.1) is 6.92 Å². The largest absolute Gasteiger partial charge is 0.369 e. The lowest BCUT2D eigenvalue weighted by atomic mass is 10.1. The van der Waals surface area contributed by atoms with Crippen LogP contribution in [0.15, 0.2) is 36.7 Å². The fourth-order valence-electron chi connectivity index (χ4n) is 2.69. The molecule has 0 unspecified atom stereocenters. The molecule has 4 aromatic rings. The van der Waals surface area contributed by atoms with E-state index in [1.165, 1.54) is 0 Å². The fraction of sp³-hybridized carbons (Fsp3) is 0.0667. The van der Waals surface area contributed by atoms with Gasteiger partial charge in [0.2, 0.25) is 11.9 Å². The summed E-state index contributed by atoms with van der Waals surface area (Å²) < 4.78 is 1.83. The van der Waals surface area contributed by atoms with E-state index in [0.29, 0.717) is 5.95 Å². The van der Waals surface area contributed by atoms with E-state index in [1.807, 2.05) is 35.6 Å². The lowest BCUT2D eigenvalue weighted by Crippen LogP contribution is -2.00. The lowest BCUT2D eigenvalue weighted by Gasteiger charge is -2.02. The molecule has 4 aromatic heterocycles. The van der Waals surface area contributed by atoms with Crippen LogP contribution in [0.2, 0.25) is 0 Å². The van der Waals surface area contributed by atoms with Crippen molar-refractivity contribution in [2.24, 2.45) is 0 Å². The Morgan fingerprint density at radius 2 is 1.74 bits per heavy atom. The van der Waals surface area contributed by atoms with Crippen molar-refractivity contribution in [2.45, 2.75) is 6.92 Å². The van der Waals surface area contributed by atoms with E-state index in [4.69, 9.17) is 11.5 Å². The van der Waals surface area contributed by atoms with E-state index in [-0.39, 0.29) is 18.4 Å². The van der Waals surface area contributed by atoms with Crippen molar-refractivity contribution >= 4 is 40.9 Å². The quantitative estimate of drug-likeness (QED) is 0.555. The molecule has 0 amide bonds. The van der Waals surface area contributed by atoms with Gasteiger partial charge in [-0.1, -0.05) is 0 Å². The minimum absolute atomic E-state index is 0. The number of nitrogens with zero attached hydrogens (tertiary/aromatic N) is 5. The molecule has 8 heteroatoms. The summed E-state index contributed by atoms with van der Waals surface area (Å²) in [4.78, 5) is 17.0. The number of aromatic nitrogens is 5. The standard InChI is InChI=1S/C15H13N7.ClH/c1-8-2-3-9-12(10-4-6-18-14(16)21-10)11-5-7-19-15(17)22(11)13(9)20-8;/h2-7H,1H3,(H2,17,19)(H2,16,18,21);1H. The Morgan fingerprint density at radius 1 is 0.957 bits per heavy atom. The van der Waals surface area contributed by atoms with E-state index in [0.717, 1.165) is 33.5 Å². The van der Waals surface area contributed by atoms with Crippen LogP contribution in [0.25, 0.3) is 27.8 Å². The van der Waals surface area contributed by atoms with E-state index in [1.54, 1.807) is 12.4 Å². The maximum atomic E-state index is 6.05. The molecule has 7 nitrogen and oxygen atoms in total. The molecule has 0 aliphatic heterocycles. The van der Waals surface area contributed by atoms with Gasteiger partial charge in [0.25, 0.3) is 0 Å². The summed E-state index contributed by atoms with van der Waals surface area (Å²) in [5, 5.41) is 0.948. The van der Waals surface area contributed by atoms with Gasteiger partial charge in [-0.05, 0) is 31.2 Å². The molecule has 4 heterocycles. The monoisotopic (exact) mass is 327 g/mol. The number of anilines is 2. The van der Waals surface area contributed by atoms with Gasteiger partial charge in [-0.15, -0.1) is 12.4 Å². The molecule has 0 saturated heterocycles. The molecule has 0 saturated carbocycles. The van der Waals surface area contributed by atoms with Gasteiger partial charge in [0, 0.05) is 29.0 Å². The maximum absolute atomic E-state index is 6.05. The lowest BCUT2D eigenvalue weighted by molar-refractivity contribution is 1.11. The number of rotatable bonds is 1. The number of aryl methyl sites for hydroxylation is 1. The van der Waals surface area contributed by atoms with E-state index in [9.17, 15) is 0 Å². The van der Waals surface area contributed by atoms with Crippen molar-refractivity contribution in [3.63, 3.8) is 0 Å². The number of halogens is 1. The van der Waals surface area contributed by atoms with Gasteiger partial charge in [0.05, 0.1) is 11.2 Å². The average Bonchev–Trinajstić information content (AvgIpc) is 2.82. The summed E-state index contributed by atoms with van der Waals surface area (Å²) in [7, 11) is 0. The normalized spacial score (nSPS) is 10.8. The first-order chi connectivity index (χ1) is 10.6. The second-order valence-corrected chi connectivity index (χ2v) is 5.02. The van der Waals surface area contributed by atoms with Gasteiger partial charge in [-0.2, -0.15) is 0 Å². The highest BCUT2D eigenvalue weighted by Crippen LogP contribution is 2.34. The van der Waals surface area contributed by atoms with Gasteiger partial charge in [0.1, 0.15) is 5.65 Å². The summed E-state index contributed by atoms with van der Waals surface area (Å²) in [6.07, 6.45) is 3.31. The zero-order chi connectivity index (χ0) is 15.3. The molecule has 0 spiro atoms. The van der Waals surface area contributed by atoms with Gasteiger partial charge < -0.3 is 11.5 Å². The van der Waals surface area contributed by atoms with Crippen LogP contribution in [-0.2, 0) is 0 Å². The third-order valence-corrected chi connectivity index (χ3v) is 3.59. The molecule has 0 fully saturated rings. The van der Waals surface area contributed by atoms with Gasteiger partial charge >= 0.3 is 0 Å². The number of nitrogen functional groups attached to an aromatic ring is 2. The Bertz CT molecular complexity index is 1030. The summed E-state index contributed by atoms with van der Waals surface area (Å²) in [5.74, 6) is 0.612. The van der Waals surface area contributed by atoms with Crippen molar-refractivity contribution in [1.29, 1.82) is 0 Å². The molecule has 116 valence electrons. The summed E-state index contributed by atoms with van der Waals surface area (Å²) >= 11 is 0. The average molecular weight is 328 g/mol. The van der Waals surface area contributed by atoms with Crippen LogP contribution in [0.5, 0.6) is 0 Å². The third kappa shape index (κ3) is 2.22. The van der Waals surface area contributed by atoms with Crippen molar-refractivity contribution in [3.8, 4) is 11.3 Å². The van der Waals surface area contributed by atoms with E-state index in [2.05, 4.69) is 19.9 Å². The van der Waals surface area contributed by atoms with Crippen LogP contribution in [0.3, 0.4) is 0 Å². The van der Waals surface area contributed by atoms with Gasteiger partial charge in [-0.25, -0.2) is 19.9 Å². The van der Waals surface area contributed by atoms with Crippen molar-refractivity contribution < 1.29 is 0 Å². The maximum Gasteiger partial charge on any atom is 0.220 e. The third-order valence-electron chi connectivity index (χ3n) is 3.59. The first kappa shape index (κ1) is 15.0. The minimum Gasteiger partial charge on any atom is -0.369 e. The number of hydrogen-bond acceptors (Lipinski definition) is 6. The Hall–Kier alpha value is -2.93. The fourth-order valence-corrected chi connectivity index (χ4v) is 2.69. The Labute approximate surface area is 137 Å². The Morgan fingerprint density at radius 3 is 2.52 bits per heavy atom. The van der Waals surface area contributed by atoms with Gasteiger partial charge in [0.15, 0.2) is 0 Å². The molecule has 4 N–H and O–H groups in total. The first-order valence-electron chi connectivity index (χ1n) is 6.76. The van der Waals surface area contributed by atoms with Crippen molar-refractivity contribution in [1.82, 2.24) is 24.3 Å². The molecular formula is C15H14ClN7. The first-order valence-corrected chi connectivity index (χ1v) is 6.76. The molecule has 0 aliphatic rings. The molecule has 0 radical (unpaired) electrons. The molecule has 0 bridgehead atoms. The molecule has 0 aromatic carbocycles. The second kappa shape index (κ2) is 5.36. The highest BCUT2D eigenvalue weighted by Gasteiger charge is 2.17. The predicted molar refractivity (Wildman–Crippen MR) is 92.3 cm³/mol. The smallest absolute Gasteiger partial charge is 0.220 e. The molecule has 23 heavy (non-hydrogen) atoms. The topological polar surface area (TPSA) is 108 Å². The summed E-state index contributed by atoms with van der Waals surface area (Å²) in [5.41, 5.74) is 16.0. The number of hydrogen-bond donors (Lipinski definition) is 2. The van der Waals surface area contributed by atoms with E-state index < -0.39 is 0 Å². The van der Waals surface area contributed by atoms with Gasteiger partial charge in [-0.3, -0.25) is 4.40 Å². The molecular weight excluding hydrogens is 314 g/mol. The zero-order valence-electron chi connectivity index (χ0n) is 12.3. The van der Waals surface area contributed by atoms with Crippen LogP contribution in [0.1, 0.15) is 5.69 Å². The number of fused-ring (bicyclic) bond motifs is 3. The summed E-state index contributed by atoms with van der Waals surface area (Å²) in [6.45, 7) is 1.94. The van der Waals surface area contributed by atoms with Crippen molar-refractivity contribution in [2.75, 3.05) is 11.5 Å². The highest BCUT2D eigenvalue weighted by molar-refractivity contribution is 6.04. The highest BCUT2D eigenvalue weighted by atomic mass is 35.5. The Balaban J connectivity index is 0.00000156. The second-order valence-electron chi connectivity index (χ2n) is 5.02. The number of nitrogens with two attached hydrogens (primary N) is 2. The van der Waals surface area contributed by atoms with Crippen LogP contribution in [0.4, 0.5) is 11.9 Å². The molecule has 0 atom stereocenters. The van der Waals surface area contributed by atoms with Crippen LogP contribution >= 0.6 is 12.4 Å². The zero-order valence-corrected chi connectivity index (χ0v) is 13.1. The number of pyridine rings is 1. The van der Waals surface area contributed by atoms with Crippen LogP contribution in [-0.4, -0.2) is 24.3 Å². The van der Waals surface area contributed by atoms with Crippen molar-refractivity contribution in [3.05, 3.63) is 42.4 Å². The van der Waals surface area contributed by atoms with E-state index >= 15 is 0 Å². The Kier molecular flexibility index (Phi) is 3.49. The summed E-state index contributed by atoms with van der Waals surface area (Å²) in [6, 6.07) is 7.68. The minimum atomic E-state index is 0. The SMILES string of the molecule is Cc1ccc2c(-c3ccnc(N)n3)c3ccnc(N)n3c2n1.Cl. The van der Waals surface area contributed by atoms with Crippen LogP contribution < -0.4 is 11.5 Å². The molecule has 4 rings (SSSR count).